The summed E-state index contributed by atoms with van der Waals surface area (Å²) >= 11 is 0. The van der Waals surface area contributed by atoms with Crippen LogP contribution in [0.15, 0.2) is 39.9 Å². The molecule has 0 unspecified atom stereocenters. The molecular formula is C18H23N5O4. The van der Waals surface area contributed by atoms with Crippen molar-refractivity contribution in [3.63, 3.8) is 0 Å². The second kappa shape index (κ2) is 7.77. The largest absolute Gasteiger partial charge is 0.394 e. The first kappa shape index (κ1) is 18.9. The standard InChI is InChI=1S/C18H23N5O4/c1-21-15-14(16(26)22(2)18(21)27)23(10-13(25)11-24)17(20-15)19-9-8-12-6-4-3-5-7-12/h3-7,13,24-25H,8-11H2,1-2H3,(H,19,20)/t13-/m0/s1. The van der Waals surface area contributed by atoms with Gasteiger partial charge in [0, 0.05) is 20.6 Å². The van der Waals surface area contributed by atoms with Gasteiger partial charge in [-0.2, -0.15) is 4.98 Å². The van der Waals surface area contributed by atoms with Crippen LogP contribution in [0, 0.1) is 0 Å². The van der Waals surface area contributed by atoms with Crippen LogP contribution >= 0.6 is 0 Å². The van der Waals surface area contributed by atoms with Gasteiger partial charge in [0.15, 0.2) is 11.2 Å². The Morgan fingerprint density at radius 1 is 1.15 bits per heavy atom. The molecule has 0 saturated heterocycles. The molecule has 3 rings (SSSR count). The van der Waals surface area contributed by atoms with Crippen LogP contribution in [0.2, 0.25) is 0 Å². The van der Waals surface area contributed by atoms with E-state index in [1.165, 1.54) is 23.2 Å². The normalized spacial score (nSPS) is 12.4. The van der Waals surface area contributed by atoms with E-state index >= 15 is 0 Å². The Morgan fingerprint density at radius 3 is 2.52 bits per heavy atom. The molecule has 0 spiro atoms. The van der Waals surface area contributed by atoms with Gasteiger partial charge >= 0.3 is 5.69 Å². The zero-order valence-electron chi connectivity index (χ0n) is 15.3. The topological polar surface area (TPSA) is 114 Å². The SMILES string of the molecule is Cn1c(=O)c2c(nc(NCCc3ccccc3)n2C[C@H](O)CO)n(C)c1=O. The van der Waals surface area contributed by atoms with Crippen LogP contribution in [0.5, 0.6) is 0 Å². The van der Waals surface area contributed by atoms with E-state index in [0.29, 0.717) is 12.5 Å². The zero-order valence-corrected chi connectivity index (χ0v) is 15.3. The fourth-order valence-electron chi connectivity index (χ4n) is 2.99. The molecule has 9 nitrogen and oxygen atoms in total. The van der Waals surface area contributed by atoms with Gasteiger partial charge in [0.1, 0.15) is 0 Å². The van der Waals surface area contributed by atoms with Crippen LogP contribution in [-0.4, -0.2) is 48.2 Å². The zero-order chi connectivity index (χ0) is 19.6. The van der Waals surface area contributed by atoms with Crippen molar-refractivity contribution in [2.24, 2.45) is 14.1 Å². The first-order chi connectivity index (χ1) is 12.9. The molecule has 3 N–H and O–H groups in total. The van der Waals surface area contributed by atoms with E-state index in [9.17, 15) is 19.8 Å². The van der Waals surface area contributed by atoms with Crippen LogP contribution < -0.4 is 16.6 Å². The fraction of sp³-hybridized carbons (Fsp3) is 0.389. The van der Waals surface area contributed by atoms with Gasteiger partial charge in [-0.15, -0.1) is 0 Å². The molecule has 0 bridgehead atoms. The van der Waals surface area contributed by atoms with Gasteiger partial charge in [-0.1, -0.05) is 30.3 Å². The van der Waals surface area contributed by atoms with Gasteiger partial charge in [-0.05, 0) is 12.0 Å². The maximum Gasteiger partial charge on any atom is 0.332 e. The molecule has 0 aliphatic heterocycles. The van der Waals surface area contributed by atoms with Crippen molar-refractivity contribution in [2.45, 2.75) is 19.1 Å². The lowest BCUT2D eigenvalue weighted by Crippen LogP contribution is -2.38. The number of benzene rings is 1. The summed E-state index contributed by atoms with van der Waals surface area (Å²) in [5, 5.41) is 22.3. The number of hydrogen-bond donors (Lipinski definition) is 3. The van der Waals surface area contributed by atoms with E-state index < -0.39 is 24.0 Å². The molecule has 9 heteroatoms. The second-order valence-corrected chi connectivity index (χ2v) is 6.42. The van der Waals surface area contributed by atoms with Crippen molar-refractivity contribution in [3.8, 4) is 0 Å². The molecule has 144 valence electrons. The van der Waals surface area contributed by atoms with Crippen molar-refractivity contribution in [1.29, 1.82) is 0 Å². The number of rotatable bonds is 7. The van der Waals surface area contributed by atoms with Gasteiger partial charge in [0.05, 0.1) is 19.3 Å². The molecule has 2 heterocycles. The number of aliphatic hydroxyl groups is 2. The Kier molecular flexibility index (Phi) is 5.43. The minimum atomic E-state index is -1.06. The Bertz CT molecular complexity index is 1050. The van der Waals surface area contributed by atoms with Crippen molar-refractivity contribution < 1.29 is 10.2 Å². The highest BCUT2D eigenvalue weighted by molar-refractivity contribution is 5.74. The molecule has 1 aromatic carbocycles. The summed E-state index contributed by atoms with van der Waals surface area (Å²) in [6.45, 7) is 0.0835. The number of fused-ring (bicyclic) bond motifs is 1. The highest BCUT2D eigenvalue weighted by Gasteiger charge is 2.20. The minimum absolute atomic E-state index is 0.0197. The molecule has 0 amide bonds. The molecule has 0 fully saturated rings. The lowest BCUT2D eigenvalue weighted by atomic mass is 10.1. The second-order valence-electron chi connectivity index (χ2n) is 6.42. The molecule has 0 saturated carbocycles. The monoisotopic (exact) mass is 373 g/mol. The van der Waals surface area contributed by atoms with E-state index in [2.05, 4.69) is 10.3 Å². The number of hydrogen-bond acceptors (Lipinski definition) is 6. The maximum atomic E-state index is 12.6. The Balaban J connectivity index is 2.01. The first-order valence-corrected chi connectivity index (χ1v) is 8.67. The highest BCUT2D eigenvalue weighted by atomic mass is 16.3. The van der Waals surface area contributed by atoms with Gasteiger partial charge in [-0.3, -0.25) is 13.9 Å². The number of aromatic nitrogens is 4. The lowest BCUT2D eigenvalue weighted by molar-refractivity contribution is 0.0824. The van der Waals surface area contributed by atoms with E-state index in [0.717, 1.165) is 16.6 Å². The van der Waals surface area contributed by atoms with Crippen LogP contribution in [-0.2, 0) is 27.1 Å². The molecular weight excluding hydrogens is 350 g/mol. The van der Waals surface area contributed by atoms with Gasteiger partial charge in [0.2, 0.25) is 5.95 Å². The highest BCUT2D eigenvalue weighted by Crippen LogP contribution is 2.16. The average molecular weight is 373 g/mol. The molecule has 0 radical (unpaired) electrons. The van der Waals surface area contributed by atoms with Crippen LogP contribution in [0.25, 0.3) is 11.2 Å². The number of anilines is 1. The van der Waals surface area contributed by atoms with Crippen molar-refractivity contribution in [3.05, 3.63) is 56.7 Å². The fourth-order valence-corrected chi connectivity index (χ4v) is 2.99. The van der Waals surface area contributed by atoms with Crippen LogP contribution in [0.1, 0.15) is 5.56 Å². The summed E-state index contributed by atoms with van der Waals surface area (Å²) in [6, 6.07) is 9.89. The third-order valence-electron chi connectivity index (χ3n) is 4.49. The molecule has 2 aromatic heterocycles. The number of aliphatic hydroxyl groups excluding tert-OH is 2. The number of aryl methyl sites for hydroxylation is 1. The summed E-state index contributed by atoms with van der Waals surface area (Å²) in [6.07, 6.45) is -0.317. The summed E-state index contributed by atoms with van der Waals surface area (Å²) in [4.78, 5) is 29.2. The van der Waals surface area contributed by atoms with Gasteiger partial charge < -0.3 is 20.1 Å². The third-order valence-corrected chi connectivity index (χ3v) is 4.49. The van der Waals surface area contributed by atoms with E-state index in [-0.39, 0.29) is 17.7 Å². The lowest BCUT2D eigenvalue weighted by Gasteiger charge is -2.13. The van der Waals surface area contributed by atoms with E-state index in [4.69, 9.17) is 0 Å². The Hall–Kier alpha value is -2.91. The quantitative estimate of drug-likeness (QED) is 0.512. The van der Waals surface area contributed by atoms with Gasteiger partial charge in [0.25, 0.3) is 5.56 Å². The first-order valence-electron chi connectivity index (χ1n) is 8.67. The van der Waals surface area contributed by atoms with Crippen LogP contribution in [0.3, 0.4) is 0 Å². The molecule has 0 aliphatic rings. The molecule has 3 aromatic rings. The van der Waals surface area contributed by atoms with Crippen molar-refractivity contribution in [1.82, 2.24) is 18.7 Å². The molecule has 27 heavy (non-hydrogen) atoms. The van der Waals surface area contributed by atoms with Crippen molar-refractivity contribution in [2.75, 3.05) is 18.5 Å². The average Bonchev–Trinajstić information content (AvgIpc) is 3.03. The van der Waals surface area contributed by atoms with Crippen LogP contribution in [0.4, 0.5) is 5.95 Å². The van der Waals surface area contributed by atoms with Crippen molar-refractivity contribution >= 4 is 17.1 Å². The summed E-state index contributed by atoms with van der Waals surface area (Å²) in [7, 11) is 2.93. The number of imidazole rings is 1. The maximum absolute atomic E-state index is 12.6. The van der Waals surface area contributed by atoms with Gasteiger partial charge in [-0.25, -0.2) is 4.79 Å². The summed E-state index contributed by atoms with van der Waals surface area (Å²) in [5.41, 5.74) is 0.605. The van der Waals surface area contributed by atoms with E-state index in [1.807, 2.05) is 30.3 Å². The summed E-state index contributed by atoms with van der Waals surface area (Å²) in [5.74, 6) is 0.367. The number of nitrogens with zero attached hydrogens (tertiary/aromatic N) is 4. The third kappa shape index (κ3) is 3.64. The summed E-state index contributed by atoms with van der Waals surface area (Å²) < 4.78 is 3.81. The predicted molar refractivity (Wildman–Crippen MR) is 102 cm³/mol. The smallest absolute Gasteiger partial charge is 0.332 e. The minimum Gasteiger partial charge on any atom is -0.394 e. The van der Waals surface area contributed by atoms with E-state index in [1.54, 1.807) is 0 Å². The Morgan fingerprint density at radius 2 is 1.85 bits per heavy atom. The molecule has 0 aliphatic carbocycles. The molecule has 1 atom stereocenters. The predicted octanol–water partition coefficient (Wildman–Crippen LogP) is -0.559. The Labute approximate surface area is 155 Å². The number of nitrogens with one attached hydrogen (secondary N) is 1.